The number of rotatable bonds is 2. The standard InChI is InChI=1S/C17H20F3N/c18-13-2-1-12(15(19)16(13)20)17(21)14-10-4-8-3-9(6-10)7-11(14)5-8/h1-2,8-11,14,17H,3-7,21H2. The average Bonchev–Trinajstić information content (AvgIpc) is 2.43. The zero-order valence-corrected chi connectivity index (χ0v) is 11.9. The van der Waals surface area contributed by atoms with E-state index < -0.39 is 23.5 Å². The molecule has 0 aromatic heterocycles. The SMILES string of the molecule is NC(c1ccc(F)c(F)c1F)C1C2CC3CC(C2)CC1C3. The maximum atomic E-state index is 14.0. The third-order valence-corrected chi connectivity index (χ3v) is 6.14. The second-order valence-corrected chi connectivity index (χ2v) is 7.30. The predicted octanol–water partition coefficient (Wildman–Crippen LogP) is 4.18. The van der Waals surface area contributed by atoms with Crippen molar-refractivity contribution >= 4 is 0 Å². The smallest absolute Gasteiger partial charge is 0.194 e. The molecule has 0 saturated heterocycles. The van der Waals surface area contributed by atoms with Gasteiger partial charge in [0.25, 0.3) is 0 Å². The van der Waals surface area contributed by atoms with Crippen LogP contribution in [0.1, 0.15) is 43.7 Å². The highest BCUT2D eigenvalue weighted by molar-refractivity contribution is 5.25. The van der Waals surface area contributed by atoms with Gasteiger partial charge >= 0.3 is 0 Å². The summed E-state index contributed by atoms with van der Waals surface area (Å²) in [4.78, 5) is 0. The van der Waals surface area contributed by atoms with E-state index in [9.17, 15) is 13.2 Å². The van der Waals surface area contributed by atoms with Crippen LogP contribution in [0.15, 0.2) is 12.1 Å². The van der Waals surface area contributed by atoms with Crippen LogP contribution in [0.5, 0.6) is 0 Å². The van der Waals surface area contributed by atoms with Crippen LogP contribution in [0.25, 0.3) is 0 Å². The Labute approximate surface area is 122 Å². The fraction of sp³-hybridized carbons (Fsp3) is 0.647. The molecule has 0 radical (unpaired) electrons. The van der Waals surface area contributed by atoms with Gasteiger partial charge in [-0.15, -0.1) is 0 Å². The lowest BCUT2D eigenvalue weighted by atomic mass is 9.50. The van der Waals surface area contributed by atoms with Gasteiger partial charge in [-0.1, -0.05) is 6.07 Å². The molecule has 1 nitrogen and oxygen atoms in total. The molecule has 1 aromatic carbocycles. The molecule has 0 heterocycles. The largest absolute Gasteiger partial charge is 0.324 e. The highest BCUT2D eigenvalue weighted by Crippen LogP contribution is 2.59. The van der Waals surface area contributed by atoms with Crippen LogP contribution in [0, 0.1) is 47.0 Å². The van der Waals surface area contributed by atoms with Crippen LogP contribution in [0.3, 0.4) is 0 Å². The summed E-state index contributed by atoms with van der Waals surface area (Å²) in [5.74, 6) is -0.738. The molecule has 4 aliphatic carbocycles. The highest BCUT2D eigenvalue weighted by atomic mass is 19.2. The molecule has 4 saturated carbocycles. The summed E-state index contributed by atoms with van der Waals surface area (Å²) in [6.07, 6.45) is 6.05. The lowest BCUT2D eigenvalue weighted by Gasteiger charge is -2.56. The summed E-state index contributed by atoms with van der Waals surface area (Å²) in [5, 5.41) is 0. The fourth-order valence-electron chi connectivity index (χ4n) is 5.56. The number of benzene rings is 1. The van der Waals surface area contributed by atoms with Crippen molar-refractivity contribution in [3.8, 4) is 0 Å². The Bertz CT molecular complexity index is 543. The highest BCUT2D eigenvalue weighted by Gasteiger charge is 2.50. The van der Waals surface area contributed by atoms with E-state index in [-0.39, 0.29) is 11.5 Å². The molecule has 4 aliphatic rings. The molecule has 21 heavy (non-hydrogen) atoms. The van der Waals surface area contributed by atoms with Crippen molar-refractivity contribution in [1.82, 2.24) is 0 Å². The maximum Gasteiger partial charge on any atom is 0.194 e. The van der Waals surface area contributed by atoms with Crippen LogP contribution >= 0.6 is 0 Å². The van der Waals surface area contributed by atoms with Gasteiger partial charge in [-0.25, -0.2) is 13.2 Å². The van der Waals surface area contributed by atoms with Gasteiger partial charge in [0.1, 0.15) is 0 Å². The molecule has 0 aliphatic heterocycles. The summed E-state index contributed by atoms with van der Waals surface area (Å²) in [7, 11) is 0. The van der Waals surface area contributed by atoms with Crippen molar-refractivity contribution in [1.29, 1.82) is 0 Å². The summed E-state index contributed by atoms with van der Waals surface area (Å²) in [6, 6.07) is 1.79. The van der Waals surface area contributed by atoms with E-state index in [2.05, 4.69) is 0 Å². The molecule has 5 rings (SSSR count). The first-order valence-corrected chi connectivity index (χ1v) is 7.93. The number of hydrogen-bond acceptors (Lipinski definition) is 1. The van der Waals surface area contributed by atoms with Crippen molar-refractivity contribution in [3.05, 3.63) is 35.1 Å². The second-order valence-electron chi connectivity index (χ2n) is 7.30. The molecular formula is C17H20F3N. The van der Waals surface area contributed by atoms with Crippen molar-refractivity contribution in [2.75, 3.05) is 0 Å². The maximum absolute atomic E-state index is 14.0. The second kappa shape index (κ2) is 4.73. The number of nitrogens with two attached hydrogens (primary N) is 1. The van der Waals surface area contributed by atoms with Gasteiger partial charge in [-0.05, 0) is 67.8 Å². The van der Waals surface area contributed by atoms with Crippen molar-refractivity contribution in [3.63, 3.8) is 0 Å². The van der Waals surface area contributed by atoms with Crippen LogP contribution < -0.4 is 5.73 Å². The molecule has 1 atom stereocenters. The minimum absolute atomic E-state index is 0.145. The van der Waals surface area contributed by atoms with E-state index in [0.717, 1.165) is 17.9 Å². The predicted molar refractivity (Wildman–Crippen MR) is 73.8 cm³/mol. The zero-order valence-electron chi connectivity index (χ0n) is 11.9. The van der Waals surface area contributed by atoms with Crippen molar-refractivity contribution in [2.45, 2.75) is 38.1 Å². The van der Waals surface area contributed by atoms with Gasteiger partial charge in [0, 0.05) is 11.6 Å². The Balaban J connectivity index is 1.66. The minimum Gasteiger partial charge on any atom is -0.324 e. The van der Waals surface area contributed by atoms with Gasteiger partial charge < -0.3 is 5.73 Å². The normalized spacial score (nSPS) is 38.8. The quantitative estimate of drug-likeness (QED) is 0.814. The Morgan fingerprint density at radius 2 is 1.43 bits per heavy atom. The molecular weight excluding hydrogens is 275 g/mol. The average molecular weight is 295 g/mol. The summed E-state index contributed by atoms with van der Waals surface area (Å²) in [5.41, 5.74) is 6.46. The summed E-state index contributed by atoms with van der Waals surface area (Å²) >= 11 is 0. The van der Waals surface area contributed by atoms with Crippen molar-refractivity contribution in [2.24, 2.45) is 35.3 Å². The van der Waals surface area contributed by atoms with Crippen LogP contribution in [-0.2, 0) is 0 Å². The van der Waals surface area contributed by atoms with Crippen LogP contribution in [0.2, 0.25) is 0 Å². The summed E-state index contributed by atoms with van der Waals surface area (Å²) in [6.45, 7) is 0. The Kier molecular flexibility index (Phi) is 3.07. The molecule has 2 N–H and O–H groups in total. The Hall–Kier alpha value is -1.03. The third kappa shape index (κ3) is 2.02. The van der Waals surface area contributed by atoms with Gasteiger partial charge in [-0.2, -0.15) is 0 Å². The Morgan fingerprint density at radius 1 is 0.857 bits per heavy atom. The molecule has 1 aromatic rings. The van der Waals surface area contributed by atoms with E-state index in [1.807, 2.05) is 0 Å². The van der Waals surface area contributed by atoms with Gasteiger partial charge in [0.2, 0.25) is 0 Å². The van der Waals surface area contributed by atoms with E-state index in [1.165, 1.54) is 38.2 Å². The van der Waals surface area contributed by atoms with E-state index >= 15 is 0 Å². The van der Waals surface area contributed by atoms with E-state index in [1.54, 1.807) is 0 Å². The van der Waals surface area contributed by atoms with E-state index in [0.29, 0.717) is 11.8 Å². The molecule has 4 fully saturated rings. The molecule has 0 spiro atoms. The lowest BCUT2D eigenvalue weighted by Crippen LogP contribution is -2.48. The molecule has 4 heteroatoms. The van der Waals surface area contributed by atoms with Gasteiger partial charge in [0.15, 0.2) is 17.5 Å². The Morgan fingerprint density at radius 3 is 2.00 bits per heavy atom. The minimum atomic E-state index is -1.40. The number of hydrogen-bond donors (Lipinski definition) is 1. The van der Waals surface area contributed by atoms with Crippen LogP contribution in [0.4, 0.5) is 13.2 Å². The van der Waals surface area contributed by atoms with Gasteiger partial charge in [0.05, 0.1) is 0 Å². The van der Waals surface area contributed by atoms with Crippen molar-refractivity contribution < 1.29 is 13.2 Å². The zero-order chi connectivity index (χ0) is 14.7. The first kappa shape index (κ1) is 13.6. The molecule has 0 amide bonds. The van der Waals surface area contributed by atoms with Gasteiger partial charge in [-0.3, -0.25) is 0 Å². The topological polar surface area (TPSA) is 26.0 Å². The van der Waals surface area contributed by atoms with E-state index in [4.69, 9.17) is 5.73 Å². The lowest BCUT2D eigenvalue weighted by molar-refractivity contribution is -0.0476. The first-order chi connectivity index (χ1) is 10.0. The molecule has 114 valence electrons. The first-order valence-electron chi connectivity index (χ1n) is 7.93. The molecule has 4 bridgehead atoms. The monoisotopic (exact) mass is 295 g/mol. The van der Waals surface area contributed by atoms with Crippen LogP contribution in [-0.4, -0.2) is 0 Å². The molecule has 1 unspecified atom stereocenters. The fourth-order valence-corrected chi connectivity index (χ4v) is 5.56. The summed E-state index contributed by atoms with van der Waals surface area (Å²) < 4.78 is 40.6. The third-order valence-electron chi connectivity index (χ3n) is 6.14. The number of halogens is 3.